The van der Waals surface area contributed by atoms with Crippen molar-refractivity contribution in [2.24, 2.45) is 0 Å². The zero-order valence-electron chi connectivity index (χ0n) is 11.2. The maximum Gasteiger partial charge on any atom is 0.327 e. The molecule has 108 valence electrons. The summed E-state index contributed by atoms with van der Waals surface area (Å²) in [4.78, 5) is 28.7. The molecule has 0 saturated carbocycles. The first kappa shape index (κ1) is 14.6. The lowest BCUT2D eigenvalue weighted by Gasteiger charge is -2.33. The highest BCUT2D eigenvalue weighted by Gasteiger charge is 2.32. The van der Waals surface area contributed by atoms with Crippen LogP contribution in [0, 0.1) is 0 Å². The number of carboxylic acids is 1. The number of hydrogen-bond acceptors (Lipinski definition) is 4. The molecule has 2 heterocycles. The molecule has 20 heavy (non-hydrogen) atoms. The number of pyridine rings is 1. The summed E-state index contributed by atoms with van der Waals surface area (Å²) in [5.74, 6) is 0.247. The van der Waals surface area contributed by atoms with Gasteiger partial charge in [-0.25, -0.2) is 9.59 Å². The van der Waals surface area contributed by atoms with Gasteiger partial charge in [0.05, 0.1) is 6.04 Å². The molecule has 0 bridgehead atoms. The minimum Gasteiger partial charge on any atom is -0.480 e. The van der Waals surface area contributed by atoms with Crippen LogP contribution in [-0.4, -0.2) is 51.1 Å². The second kappa shape index (κ2) is 6.60. The SMILES string of the molecule is CC(NC(=O)N1CCSCC1C(=O)O)c1ccncc1. The number of carbonyl (C=O) groups is 2. The zero-order valence-corrected chi connectivity index (χ0v) is 12.0. The summed E-state index contributed by atoms with van der Waals surface area (Å²) in [5.41, 5.74) is 0.937. The van der Waals surface area contributed by atoms with E-state index >= 15 is 0 Å². The van der Waals surface area contributed by atoms with E-state index in [2.05, 4.69) is 10.3 Å². The lowest BCUT2D eigenvalue weighted by molar-refractivity contribution is -0.141. The molecule has 0 aliphatic carbocycles. The number of thioether (sulfide) groups is 1. The topological polar surface area (TPSA) is 82.5 Å². The summed E-state index contributed by atoms with van der Waals surface area (Å²) in [6.07, 6.45) is 3.32. The van der Waals surface area contributed by atoms with Crippen LogP contribution in [0.2, 0.25) is 0 Å². The van der Waals surface area contributed by atoms with Gasteiger partial charge in [-0.15, -0.1) is 0 Å². The average molecular weight is 295 g/mol. The first-order valence-electron chi connectivity index (χ1n) is 6.37. The largest absolute Gasteiger partial charge is 0.480 e. The number of nitrogens with one attached hydrogen (secondary N) is 1. The summed E-state index contributed by atoms with van der Waals surface area (Å²) in [7, 11) is 0. The van der Waals surface area contributed by atoms with Crippen molar-refractivity contribution in [3.05, 3.63) is 30.1 Å². The average Bonchev–Trinajstić information content (AvgIpc) is 2.48. The second-order valence-corrected chi connectivity index (χ2v) is 5.72. The molecule has 2 amide bonds. The molecule has 2 N–H and O–H groups in total. The molecule has 0 aromatic carbocycles. The fourth-order valence-electron chi connectivity index (χ4n) is 2.05. The highest BCUT2D eigenvalue weighted by atomic mass is 32.2. The summed E-state index contributed by atoms with van der Waals surface area (Å²) < 4.78 is 0. The monoisotopic (exact) mass is 295 g/mol. The van der Waals surface area contributed by atoms with E-state index in [9.17, 15) is 9.59 Å². The van der Waals surface area contributed by atoms with Crippen molar-refractivity contribution < 1.29 is 14.7 Å². The maximum atomic E-state index is 12.2. The molecule has 2 rings (SSSR count). The van der Waals surface area contributed by atoms with Gasteiger partial charge in [0.1, 0.15) is 6.04 Å². The van der Waals surface area contributed by atoms with E-state index in [1.165, 1.54) is 4.90 Å². The van der Waals surface area contributed by atoms with Crippen LogP contribution < -0.4 is 5.32 Å². The van der Waals surface area contributed by atoms with Crippen molar-refractivity contribution >= 4 is 23.8 Å². The van der Waals surface area contributed by atoms with Crippen molar-refractivity contribution in [2.45, 2.75) is 19.0 Å². The number of carbonyl (C=O) groups excluding carboxylic acids is 1. The standard InChI is InChI=1S/C13H17N3O3S/c1-9(10-2-4-14-5-3-10)15-13(19)16-6-7-20-8-11(16)12(17)18/h2-5,9,11H,6-8H2,1H3,(H,15,19)(H,17,18). The number of hydrogen-bond donors (Lipinski definition) is 2. The molecule has 2 atom stereocenters. The van der Waals surface area contributed by atoms with Crippen molar-refractivity contribution in [2.75, 3.05) is 18.1 Å². The maximum absolute atomic E-state index is 12.2. The van der Waals surface area contributed by atoms with E-state index in [4.69, 9.17) is 5.11 Å². The molecule has 1 saturated heterocycles. The lowest BCUT2D eigenvalue weighted by atomic mass is 10.1. The molecule has 1 aromatic rings. The van der Waals surface area contributed by atoms with Crippen LogP contribution in [0.5, 0.6) is 0 Å². The van der Waals surface area contributed by atoms with E-state index in [0.717, 1.165) is 11.3 Å². The quantitative estimate of drug-likeness (QED) is 0.879. The van der Waals surface area contributed by atoms with Gasteiger partial charge < -0.3 is 15.3 Å². The Hall–Kier alpha value is -1.76. The zero-order chi connectivity index (χ0) is 14.5. The summed E-state index contributed by atoms with van der Waals surface area (Å²) in [6, 6.07) is 2.38. The van der Waals surface area contributed by atoms with Crippen LogP contribution in [0.25, 0.3) is 0 Å². The Bertz CT molecular complexity index is 483. The molecule has 1 aromatic heterocycles. The summed E-state index contributed by atoms with van der Waals surface area (Å²) in [6.45, 7) is 2.32. The van der Waals surface area contributed by atoms with E-state index < -0.39 is 12.0 Å². The molecule has 1 aliphatic heterocycles. The third kappa shape index (κ3) is 3.41. The number of rotatable bonds is 3. The predicted molar refractivity (Wildman–Crippen MR) is 76.6 cm³/mol. The molecule has 1 fully saturated rings. The van der Waals surface area contributed by atoms with Crippen LogP contribution in [-0.2, 0) is 4.79 Å². The Labute approximate surface area is 121 Å². The first-order chi connectivity index (χ1) is 9.59. The fourth-order valence-corrected chi connectivity index (χ4v) is 3.09. The van der Waals surface area contributed by atoms with Gasteiger partial charge in [0.15, 0.2) is 0 Å². The Morgan fingerprint density at radius 3 is 2.85 bits per heavy atom. The van der Waals surface area contributed by atoms with Gasteiger partial charge in [0.2, 0.25) is 0 Å². The summed E-state index contributed by atoms with van der Waals surface area (Å²) >= 11 is 1.56. The molecular weight excluding hydrogens is 278 g/mol. The lowest BCUT2D eigenvalue weighted by Crippen LogP contribution is -2.54. The Balaban J connectivity index is 2.01. The van der Waals surface area contributed by atoms with Gasteiger partial charge in [0, 0.05) is 30.4 Å². The molecule has 7 heteroatoms. The third-order valence-corrected chi connectivity index (χ3v) is 4.24. The fraction of sp³-hybridized carbons (Fsp3) is 0.462. The van der Waals surface area contributed by atoms with E-state index in [0.29, 0.717) is 12.3 Å². The molecule has 0 radical (unpaired) electrons. The minimum absolute atomic E-state index is 0.186. The van der Waals surface area contributed by atoms with Crippen LogP contribution in [0.15, 0.2) is 24.5 Å². The van der Waals surface area contributed by atoms with Crippen LogP contribution >= 0.6 is 11.8 Å². The van der Waals surface area contributed by atoms with Crippen molar-refractivity contribution in [3.8, 4) is 0 Å². The van der Waals surface area contributed by atoms with E-state index in [-0.39, 0.29) is 12.1 Å². The Kier molecular flexibility index (Phi) is 4.84. The Morgan fingerprint density at radius 2 is 2.20 bits per heavy atom. The van der Waals surface area contributed by atoms with Gasteiger partial charge in [-0.1, -0.05) is 0 Å². The molecular formula is C13H17N3O3S. The van der Waals surface area contributed by atoms with Crippen molar-refractivity contribution in [1.29, 1.82) is 0 Å². The van der Waals surface area contributed by atoms with Crippen LogP contribution in [0.1, 0.15) is 18.5 Å². The van der Waals surface area contributed by atoms with Crippen molar-refractivity contribution in [3.63, 3.8) is 0 Å². The number of urea groups is 1. The second-order valence-electron chi connectivity index (χ2n) is 4.57. The highest BCUT2D eigenvalue weighted by molar-refractivity contribution is 7.99. The van der Waals surface area contributed by atoms with E-state index in [1.807, 2.05) is 19.1 Å². The van der Waals surface area contributed by atoms with Gasteiger partial charge in [-0.3, -0.25) is 4.98 Å². The number of amides is 2. The van der Waals surface area contributed by atoms with Gasteiger partial charge in [-0.05, 0) is 24.6 Å². The van der Waals surface area contributed by atoms with Gasteiger partial charge in [-0.2, -0.15) is 11.8 Å². The molecule has 0 spiro atoms. The van der Waals surface area contributed by atoms with Gasteiger partial charge >= 0.3 is 12.0 Å². The van der Waals surface area contributed by atoms with E-state index in [1.54, 1.807) is 24.2 Å². The van der Waals surface area contributed by atoms with Gasteiger partial charge in [0.25, 0.3) is 0 Å². The molecule has 6 nitrogen and oxygen atoms in total. The summed E-state index contributed by atoms with van der Waals surface area (Å²) in [5, 5.41) is 12.0. The number of carboxylic acid groups (broad SMARTS) is 1. The third-order valence-electron chi connectivity index (χ3n) is 3.22. The molecule has 2 unspecified atom stereocenters. The smallest absolute Gasteiger partial charge is 0.327 e. The number of nitrogens with zero attached hydrogens (tertiary/aromatic N) is 2. The number of aliphatic carboxylic acids is 1. The predicted octanol–water partition coefficient (Wildman–Crippen LogP) is 1.35. The van der Waals surface area contributed by atoms with Crippen molar-refractivity contribution in [1.82, 2.24) is 15.2 Å². The number of aromatic nitrogens is 1. The van der Waals surface area contributed by atoms with Crippen LogP contribution in [0.4, 0.5) is 4.79 Å². The molecule has 1 aliphatic rings. The minimum atomic E-state index is -0.955. The first-order valence-corrected chi connectivity index (χ1v) is 7.52. The normalized spacial score (nSPS) is 20.2. The van der Waals surface area contributed by atoms with Crippen LogP contribution in [0.3, 0.4) is 0 Å². The Morgan fingerprint density at radius 1 is 1.50 bits per heavy atom. The highest BCUT2D eigenvalue weighted by Crippen LogP contribution is 2.18.